The topological polar surface area (TPSA) is 83.5 Å². The average Bonchev–Trinajstić information content (AvgIpc) is 2.45. The Bertz CT molecular complexity index is 705. The Kier molecular flexibility index (Phi) is 7.06. The standard InChI is InChI=1S/C19H31NO4S/c1-7-13(2)18(22)20-15(12-25(6,23)24)10-14-8-9-17(21)16(11-14)19(3,4)5/h8-9,11,13,15,21H,7,10,12H2,1-6H3,(H,20,22). The largest absolute Gasteiger partial charge is 0.508 e. The molecule has 0 saturated heterocycles. The molecule has 0 aliphatic carbocycles. The number of hydrogen-bond donors (Lipinski definition) is 2. The van der Waals surface area contributed by atoms with E-state index in [0.29, 0.717) is 12.8 Å². The third kappa shape index (κ3) is 7.06. The van der Waals surface area contributed by atoms with Crippen molar-refractivity contribution >= 4 is 15.7 Å². The normalized spacial score (nSPS) is 14.8. The van der Waals surface area contributed by atoms with Crippen molar-refractivity contribution in [3.63, 3.8) is 0 Å². The number of hydrogen-bond acceptors (Lipinski definition) is 4. The van der Waals surface area contributed by atoms with Gasteiger partial charge in [0.25, 0.3) is 0 Å². The lowest BCUT2D eigenvalue weighted by Gasteiger charge is -2.23. The summed E-state index contributed by atoms with van der Waals surface area (Å²) in [5, 5.41) is 12.9. The molecule has 5 nitrogen and oxygen atoms in total. The van der Waals surface area contributed by atoms with E-state index in [9.17, 15) is 18.3 Å². The zero-order chi connectivity index (χ0) is 19.4. The predicted molar refractivity (Wildman–Crippen MR) is 102 cm³/mol. The highest BCUT2D eigenvalue weighted by molar-refractivity contribution is 7.90. The lowest BCUT2D eigenvalue weighted by molar-refractivity contribution is -0.125. The van der Waals surface area contributed by atoms with Crippen LogP contribution in [-0.2, 0) is 26.5 Å². The second-order valence-electron chi connectivity index (χ2n) is 7.91. The molecule has 0 bridgehead atoms. The molecule has 25 heavy (non-hydrogen) atoms. The van der Waals surface area contributed by atoms with Gasteiger partial charge in [-0.25, -0.2) is 8.42 Å². The number of phenolic OH excluding ortho intramolecular Hbond substituents is 1. The molecule has 0 fully saturated rings. The number of aromatic hydroxyl groups is 1. The Morgan fingerprint density at radius 1 is 1.28 bits per heavy atom. The van der Waals surface area contributed by atoms with Crippen molar-refractivity contribution < 1.29 is 18.3 Å². The predicted octanol–water partition coefficient (Wildman–Crippen LogP) is 2.81. The van der Waals surface area contributed by atoms with Gasteiger partial charge < -0.3 is 10.4 Å². The first kappa shape index (κ1) is 21.5. The number of rotatable bonds is 7. The van der Waals surface area contributed by atoms with Gasteiger partial charge in [-0.05, 0) is 35.4 Å². The summed E-state index contributed by atoms with van der Waals surface area (Å²) in [6.45, 7) is 9.76. The number of amides is 1. The molecule has 0 spiro atoms. The molecule has 2 atom stereocenters. The molecule has 0 aliphatic heterocycles. The Labute approximate surface area is 151 Å². The lowest BCUT2D eigenvalue weighted by Crippen LogP contribution is -2.43. The van der Waals surface area contributed by atoms with Crippen molar-refractivity contribution in [1.29, 1.82) is 0 Å². The van der Waals surface area contributed by atoms with Gasteiger partial charge in [0.05, 0.1) is 5.75 Å². The Balaban J connectivity index is 3.07. The van der Waals surface area contributed by atoms with Crippen LogP contribution in [0.3, 0.4) is 0 Å². The van der Waals surface area contributed by atoms with Gasteiger partial charge in [-0.3, -0.25) is 4.79 Å². The molecule has 1 aromatic rings. The van der Waals surface area contributed by atoms with Gasteiger partial charge >= 0.3 is 0 Å². The van der Waals surface area contributed by atoms with Crippen molar-refractivity contribution in [3.05, 3.63) is 29.3 Å². The molecule has 1 amide bonds. The number of benzene rings is 1. The molecule has 0 aromatic heterocycles. The fourth-order valence-corrected chi connectivity index (χ4v) is 3.57. The van der Waals surface area contributed by atoms with E-state index in [2.05, 4.69) is 5.32 Å². The molecule has 0 heterocycles. The van der Waals surface area contributed by atoms with Crippen LogP contribution in [0.2, 0.25) is 0 Å². The molecule has 142 valence electrons. The first-order chi connectivity index (χ1) is 11.3. The molecule has 2 unspecified atom stereocenters. The highest BCUT2D eigenvalue weighted by Crippen LogP contribution is 2.31. The third-order valence-corrected chi connectivity index (χ3v) is 5.27. The van der Waals surface area contributed by atoms with Gasteiger partial charge in [0.1, 0.15) is 15.6 Å². The van der Waals surface area contributed by atoms with Crippen LogP contribution in [0.1, 0.15) is 52.2 Å². The van der Waals surface area contributed by atoms with Crippen LogP contribution in [0.4, 0.5) is 0 Å². The minimum absolute atomic E-state index is 0.110. The summed E-state index contributed by atoms with van der Waals surface area (Å²) in [4.78, 5) is 12.2. The van der Waals surface area contributed by atoms with Crippen molar-refractivity contribution in [2.75, 3.05) is 12.0 Å². The SMILES string of the molecule is CCC(C)C(=O)NC(Cc1ccc(O)c(C(C)(C)C)c1)CS(C)(=O)=O. The molecule has 0 saturated carbocycles. The van der Waals surface area contributed by atoms with Crippen LogP contribution in [0.25, 0.3) is 0 Å². The fraction of sp³-hybridized carbons (Fsp3) is 0.632. The Hall–Kier alpha value is -1.56. The number of nitrogens with one attached hydrogen (secondary N) is 1. The second-order valence-corrected chi connectivity index (χ2v) is 10.1. The Morgan fingerprint density at radius 3 is 2.36 bits per heavy atom. The molecule has 1 rings (SSSR count). The van der Waals surface area contributed by atoms with Crippen LogP contribution in [0, 0.1) is 5.92 Å². The summed E-state index contributed by atoms with van der Waals surface area (Å²) in [6, 6.07) is 4.80. The van der Waals surface area contributed by atoms with Crippen LogP contribution in [-0.4, -0.2) is 37.5 Å². The van der Waals surface area contributed by atoms with Crippen molar-refractivity contribution in [2.45, 2.75) is 58.9 Å². The first-order valence-corrected chi connectivity index (χ1v) is 10.7. The maximum Gasteiger partial charge on any atom is 0.223 e. The molecular formula is C19H31NO4S. The molecular weight excluding hydrogens is 338 g/mol. The van der Waals surface area contributed by atoms with E-state index in [4.69, 9.17) is 0 Å². The monoisotopic (exact) mass is 369 g/mol. The zero-order valence-electron chi connectivity index (χ0n) is 16.1. The summed E-state index contributed by atoms with van der Waals surface area (Å²) in [7, 11) is -3.23. The molecule has 0 radical (unpaired) electrons. The summed E-state index contributed by atoms with van der Waals surface area (Å²) in [5.41, 5.74) is 1.46. The fourth-order valence-electron chi connectivity index (χ4n) is 2.64. The third-order valence-electron chi connectivity index (χ3n) is 4.26. The van der Waals surface area contributed by atoms with Crippen molar-refractivity contribution in [3.8, 4) is 5.75 Å². The number of carbonyl (C=O) groups is 1. The van der Waals surface area contributed by atoms with Crippen LogP contribution < -0.4 is 5.32 Å². The van der Waals surface area contributed by atoms with Gasteiger partial charge in [0.15, 0.2) is 0 Å². The van der Waals surface area contributed by atoms with Crippen LogP contribution in [0.5, 0.6) is 5.75 Å². The second kappa shape index (κ2) is 8.21. The van der Waals surface area contributed by atoms with Gasteiger partial charge in [-0.15, -0.1) is 0 Å². The van der Waals surface area contributed by atoms with E-state index in [-0.39, 0.29) is 28.7 Å². The quantitative estimate of drug-likeness (QED) is 0.774. The van der Waals surface area contributed by atoms with Crippen molar-refractivity contribution in [1.82, 2.24) is 5.32 Å². The van der Waals surface area contributed by atoms with Gasteiger partial charge in [0, 0.05) is 18.2 Å². The Morgan fingerprint density at radius 2 is 1.88 bits per heavy atom. The number of sulfone groups is 1. The minimum atomic E-state index is -3.23. The van der Waals surface area contributed by atoms with E-state index in [1.54, 1.807) is 12.1 Å². The minimum Gasteiger partial charge on any atom is -0.508 e. The molecule has 1 aromatic carbocycles. The number of phenols is 1. The van der Waals surface area contributed by atoms with Crippen molar-refractivity contribution in [2.24, 2.45) is 5.92 Å². The maximum atomic E-state index is 12.2. The highest BCUT2D eigenvalue weighted by Gasteiger charge is 2.23. The lowest BCUT2D eigenvalue weighted by atomic mass is 9.85. The summed E-state index contributed by atoms with van der Waals surface area (Å²) in [6.07, 6.45) is 2.27. The molecule has 2 N–H and O–H groups in total. The summed E-state index contributed by atoms with van der Waals surface area (Å²) >= 11 is 0. The summed E-state index contributed by atoms with van der Waals surface area (Å²) in [5.74, 6) is -0.182. The summed E-state index contributed by atoms with van der Waals surface area (Å²) < 4.78 is 23.5. The smallest absolute Gasteiger partial charge is 0.223 e. The van der Waals surface area contributed by atoms with E-state index < -0.39 is 15.9 Å². The highest BCUT2D eigenvalue weighted by atomic mass is 32.2. The maximum absolute atomic E-state index is 12.2. The first-order valence-electron chi connectivity index (χ1n) is 8.64. The van der Waals surface area contributed by atoms with E-state index in [1.165, 1.54) is 6.26 Å². The van der Waals surface area contributed by atoms with E-state index in [1.807, 2.05) is 40.7 Å². The van der Waals surface area contributed by atoms with Gasteiger partial charge in [0.2, 0.25) is 5.91 Å². The molecule has 6 heteroatoms. The van der Waals surface area contributed by atoms with Crippen LogP contribution >= 0.6 is 0 Å². The zero-order valence-corrected chi connectivity index (χ0v) is 16.9. The van der Waals surface area contributed by atoms with Crippen LogP contribution in [0.15, 0.2) is 18.2 Å². The van der Waals surface area contributed by atoms with Gasteiger partial charge in [-0.2, -0.15) is 0 Å². The average molecular weight is 370 g/mol. The van der Waals surface area contributed by atoms with Gasteiger partial charge in [-0.1, -0.05) is 46.8 Å². The van der Waals surface area contributed by atoms with E-state index in [0.717, 1.165) is 11.1 Å². The number of carbonyl (C=O) groups excluding carboxylic acids is 1. The molecule has 0 aliphatic rings. The van der Waals surface area contributed by atoms with E-state index >= 15 is 0 Å².